The van der Waals surface area contributed by atoms with Crippen LogP contribution < -0.4 is 5.73 Å². The van der Waals surface area contributed by atoms with Gasteiger partial charge in [0.1, 0.15) is 0 Å². The molecule has 0 aromatic heterocycles. The van der Waals surface area contributed by atoms with E-state index in [1.54, 1.807) is 26.1 Å². The van der Waals surface area contributed by atoms with Crippen molar-refractivity contribution in [3.05, 3.63) is 23.3 Å². The number of nitrogens with two attached hydrogens (primary N) is 1. The highest BCUT2D eigenvalue weighted by molar-refractivity contribution is 7.89. The van der Waals surface area contributed by atoms with E-state index in [2.05, 4.69) is 13.8 Å². The van der Waals surface area contributed by atoms with Gasteiger partial charge in [0.05, 0.1) is 4.90 Å². The molecule has 0 bridgehead atoms. The van der Waals surface area contributed by atoms with Crippen LogP contribution in [0.3, 0.4) is 0 Å². The Morgan fingerprint density at radius 3 is 2.37 bits per heavy atom. The van der Waals surface area contributed by atoms with E-state index >= 15 is 0 Å². The van der Waals surface area contributed by atoms with Crippen molar-refractivity contribution in [2.24, 2.45) is 5.92 Å². The van der Waals surface area contributed by atoms with Crippen LogP contribution in [0.4, 0.5) is 5.69 Å². The predicted octanol–water partition coefficient (Wildman–Crippen LogP) is 2.55. The molecule has 0 heterocycles. The van der Waals surface area contributed by atoms with Crippen LogP contribution in [-0.4, -0.2) is 26.3 Å². The lowest BCUT2D eigenvalue weighted by molar-refractivity contribution is 0.428. The maximum atomic E-state index is 12.5. The van der Waals surface area contributed by atoms with Crippen LogP contribution in [0.25, 0.3) is 0 Å². The first-order valence-corrected chi connectivity index (χ1v) is 7.93. The van der Waals surface area contributed by atoms with Gasteiger partial charge in [-0.25, -0.2) is 12.7 Å². The summed E-state index contributed by atoms with van der Waals surface area (Å²) >= 11 is 0. The average Bonchev–Trinajstić information content (AvgIpc) is 2.30. The number of aryl methyl sites for hydroxylation is 1. The lowest BCUT2D eigenvalue weighted by atomic mass is 10.1. The van der Waals surface area contributed by atoms with E-state index in [9.17, 15) is 8.42 Å². The second kappa shape index (κ2) is 5.92. The number of nitrogen functional groups attached to an aromatic ring is 1. The van der Waals surface area contributed by atoms with Crippen LogP contribution in [0.2, 0.25) is 0 Å². The number of rotatable bonds is 5. The summed E-state index contributed by atoms with van der Waals surface area (Å²) in [6.45, 7) is 8.28. The van der Waals surface area contributed by atoms with Crippen molar-refractivity contribution in [1.82, 2.24) is 4.31 Å². The number of hydrogen-bond acceptors (Lipinski definition) is 3. The molecule has 5 heteroatoms. The van der Waals surface area contributed by atoms with E-state index in [4.69, 9.17) is 5.73 Å². The molecule has 0 radical (unpaired) electrons. The fourth-order valence-electron chi connectivity index (χ4n) is 1.85. The molecule has 0 spiro atoms. The van der Waals surface area contributed by atoms with Gasteiger partial charge in [-0.1, -0.05) is 13.8 Å². The summed E-state index contributed by atoms with van der Waals surface area (Å²) in [5.41, 5.74) is 7.87. The summed E-state index contributed by atoms with van der Waals surface area (Å²) in [7, 11) is -1.84. The molecule has 19 heavy (non-hydrogen) atoms. The van der Waals surface area contributed by atoms with Crippen LogP contribution in [0.5, 0.6) is 0 Å². The second-order valence-corrected chi connectivity index (χ2v) is 7.50. The number of nitrogens with zero attached hydrogens (tertiary/aromatic N) is 1. The Morgan fingerprint density at radius 1 is 1.26 bits per heavy atom. The number of sulfonamides is 1. The molecular weight excluding hydrogens is 260 g/mol. The van der Waals surface area contributed by atoms with Gasteiger partial charge in [-0.15, -0.1) is 0 Å². The highest BCUT2D eigenvalue weighted by atomic mass is 32.2. The van der Waals surface area contributed by atoms with E-state index < -0.39 is 10.0 Å². The first-order chi connectivity index (χ1) is 8.66. The third-order valence-electron chi connectivity index (χ3n) is 3.25. The molecule has 0 saturated carbocycles. The first-order valence-electron chi connectivity index (χ1n) is 6.49. The van der Waals surface area contributed by atoms with Gasteiger partial charge in [0, 0.05) is 19.3 Å². The van der Waals surface area contributed by atoms with Crippen molar-refractivity contribution in [2.75, 3.05) is 19.3 Å². The molecular formula is C14H24N2O2S. The summed E-state index contributed by atoms with van der Waals surface area (Å²) in [5, 5.41) is 0. The third kappa shape index (κ3) is 3.70. The molecule has 108 valence electrons. The van der Waals surface area contributed by atoms with Gasteiger partial charge in [0.15, 0.2) is 0 Å². The average molecular weight is 284 g/mol. The Bertz CT molecular complexity index is 551. The Morgan fingerprint density at radius 2 is 1.84 bits per heavy atom. The number of hydrogen-bond donors (Lipinski definition) is 1. The summed E-state index contributed by atoms with van der Waals surface area (Å²) in [5.74, 6) is 0.473. The molecule has 1 rings (SSSR count). The van der Waals surface area contributed by atoms with E-state index in [0.717, 1.165) is 12.0 Å². The zero-order chi connectivity index (χ0) is 14.8. The van der Waals surface area contributed by atoms with Gasteiger partial charge in [0.2, 0.25) is 10.0 Å². The molecule has 1 aromatic carbocycles. The van der Waals surface area contributed by atoms with Crippen LogP contribution in [0.1, 0.15) is 31.4 Å². The smallest absolute Gasteiger partial charge is 0.243 e. The standard InChI is InChI=1S/C14H24N2O2S/c1-10(2)6-7-16(5)19(17,18)14-9-11(3)8-13(15)12(14)4/h8-10H,6-7,15H2,1-5H3. The molecule has 0 aliphatic rings. The van der Waals surface area contributed by atoms with Gasteiger partial charge < -0.3 is 5.73 Å². The van der Waals surface area contributed by atoms with E-state index in [1.807, 2.05) is 6.92 Å². The molecule has 0 saturated heterocycles. The summed E-state index contributed by atoms with van der Waals surface area (Å²) < 4.78 is 26.5. The highest BCUT2D eigenvalue weighted by Gasteiger charge is 2.23. The van der Waals surface area contributed by atoms with Gasteiger partial charge in [-0.2, -0.15) is 0 Å². The molecule has 0 aliphatic carbocycles. The van der Waals surface area contributed by atoms with Gasteiger partial charge in [-0.3, -0.25) is 0 Å². The van der Waals surface area contributed by atoms with Gasteiger partial charge in [0.25, 0.3) is 0 Å². The zero-order valence-corrected chi connectivity index (χ0v) is 13.2. The van der Waals surface area contributed by atoms with E-state index in [1.165, 1.54) is 4.31 Å². The molecule has 0 amide bonds. The minimum absolute atomic E-state index is 0.316. The minimum Gasteiger partial charge on any atom is -0.398 e. The normalized spacial score (nSPS) is 12.4. The molecule has 0 fully saturated rings. The summed E-state index contributed by atoms with van der Waals surface area (Å²) in [6, 6.07) is 3.48. The zero-order valence-electron chi connectivity index (χ0n) is 12.4. The largest absolute Gasteiger partial charge is 0.398 e. The van der Waals surface area contributed by atoms with Crippen molar-refractivity contribution in [3.63, 3.8) is 0 Å². The fraction of sp³-hybridized carbons (Fsp3) is 0.571. The second-order valence-electron chi connectivity index (χ2n) is 5.49. The summed E-state index contributed by atoms with van der Waals surface area (Å²) in [6.07, 6.45) is 0.843. The van der Waals surface area contributed by atoms with Crippen molar-refractivity contribution in [1.29, 1.82) is 0 Å². The Balaban J connectivity index is 3.13. The first kappa shape index (κ1) is 16.0. The quantitative estimate of drug-likeness (QED) is 0.845. The molecule has 0 unspecified atom stereocenters. The Labute approximate surface area is 116 Å². The number of anilines is 1. The lowest BCUT2D eigenvalue weighted by Gasteiger charge is -2.20. The predicted molar refractivity (Wildman–Crippen MR) is 79.6 cm³/mol. The van der Waals surface area contributed by atoms with Crippen molar-refractivity contribution in [2.45, 2.75) is 39.0 Å². The maximum absolute atomic E-state index is 12.5. The van der Waals surface area contributed by atoms with E-state index in [-0.39, 0.29) is 0 Å². The van der Waals surface area contributed by atoms with Crippen LogP contribution in [0.15, 0.2) is 17.0 Å². The third-order valence-corrected chi connectivity index (χ3v) is 5.24. The van der Waals surface area contributed by atoms with Gasteiger partial charge in [-0.05, 0) is 49.4 Å². The maximum Gasteiger partial charge on any atom is 0.243 e. The summed E-state index contributed by atoms with van der Waals surface area (Å²) in [4.78, 5) is 0.316. The fourth-order valence-corrected chi connectivity index (χ4v) is 3.37. The van der Waals surface area contributed by atoms with Crippen molar-refractivity contribution < 1.29 is 8.42 Å². The topological polar surface area (TPSA) is 63.4 Å². The number of benzene rings is 1. The minimum atomic E-state index is -3.46. The van der Waals surface area contributed by atoms with Crippen molar-refractivity contribution >= 4 is 15.7 Å². The molecule has 0 aliphatic heterocycles. The van der Waals surface area contributed by atoms with Crippen LogP contribution >= 0.6 is 0 Å². The lowest BCUT2D eigenvalue weighted by Crippen LogP contribution is -2.29. The van der Waals surface area contributed by atoms with Crippen LogP contribution in [-0.2, 0) is 10.0 Å². The molecule has 0 atom stereocenters. The Hall–Kier alpha value is -1.07. The monoisotopic (exact) mass is 284 g/mol. The Kier molecular flexibility index (Phi) is 4.98. The molecule has 1 aromatic rings. The van der Waals surface area contributed by atoms with Gasteiger partial charge >= 0.3 is 0 Å². The highest BCUT2D eigenvalue weighted by Crippen LogP contribution is 2.25. The van der Waals surface area contributed by atoms with Crippen LogP contribution in [0, 0.1) is 19.8 Å². The van der Waals surface area contributed by atoms with E-state index in [0.29, 0.717) is 28.6 Å². The molecule has 2 N–H and O–H groups in total. The SMILES string of the molecule is Cc1cc(N)c(C)c(S(=O)(=O)N(C)CCC(C)C)c1. The molecule has 4 nitrogen and oxygen atoms in total. The van der Waals surface area contributed by atoms with Crippen molar-refractivity contribution in [3.8, 4) is 0 Å².